The number of aryl methyl sites for hydroxylation is 1. The number of nitrogens with zero attached hydrogens (tertiary/aromatic N) is 2. The zero-order valence-electron chi connectivity index (χ0n) is 17.8. The fraction of sp³-hybridized carbons (Fsp3) is 0.435. The van der Waals surface area contributed by atoms with Gasteiger partial charge in [-0.1, -0.05) is 50.2 Å². The molecular weight excluding hydrogens is 380 g/mol. The monoisotopic (exact) mass is 410 g/mol. The smallest absolute Gasteiger partial charge is 0.293 e. The Morgan fingerprint density at radius 2 is 1.80 bits per heavy atom. The van der Waals surface area contributed by atoms with Crippen molar-refractivity contribution in [2.75, 3.05) is 18.4 Å². The number of nitro benzene ring substituents is 1. The molecular formula is C23H30N4O3. The summed E-state index contributed by atoms with van der Waals surface area (Å²) in [6.07, 6.45) is 1.92. The van der Waals surface area contributed by atoms with Crippen molar-refractivity contribution < 1.29 is 9.72 Å². The van der Waals surface area contributed by atoms with Crippen molar-refractivity contribution in [3.8, 4) is 0 Å². The second kappa shape index (κ2) is 9.82. The van der Waals surface area contributed by atoms with Gasteiger partial charge in [0.05, 0.1) is 4.92 Å². The number of nitrogens with one attached hydrogen (secondary N) is 2. The number of hydrogen-bond acceptors (Lipinski definition) is 5. The van der Waals surface area contributed by atoms with Crippen LogP contribution in [-0.4, -0.2) is 40.9 Å². The Hall–Kier alpha value is -2.77. The minimum absolute atomic E-state index is 0.0880. The number of carbonyl (C=O) groups excluding carboxylic acids is 1. The van der Waals surface area contributed by atoms with Gasteiger partial charge in [-0.15, -0.1) is 0 Å². The highest BCUT2D eigenvalue weighted by atomic mass is 16.6. The second-order valence-electron chi connectivity index (χ2n) is 8.21. The molecule has 0 bridgehead atoms. The summed E-state index contributed by atoms with van der Waals surface area (Å²) in [4.78, 5) is 26.5. The topological polar surface area (TPSA) is 87.5 Å². The van der Waals surface area contributed by atoms with E-state index in [4.69, 9.17) is 0 Å². The molecule has 2 aromatic rings. The highest BCUT2D eigenvalue weighted by Crippen LogP contribution is 2.30. The third-order valence-electron chi connectivity index (χ3n) is 5.44. The Bertz CT molecular complexity index is 877. The van der Waals surface area contributed by atoms with Crippen molar-refractivity contribution in [2.45, 2.75) is 51.7 Å². The summed E-state index contributed by atoms with van der Waals surface area (Å²) in [5.41, 5.74) is 1.81. The van der Waals surface area contributed by atoms with Crippen molar-refractivity contribution in [3.63, 3.8) is 0 Å². The number of anilines is 1. The quantitative estimate of drug-likeness (QED) is 0.531. The van der Waals surface area contributed by atoms with Gasteiger partial charge in [-0.05, 0) is 37.0 Å². The minimum atomic E-state index is -0.493. The number of nitro groups is 1. The lowest BCUT2D eigenvalue weighted by molar-refractivity contribution is -0.384. The van der Waals surface area contributed by atoms with E-state index in [-0.39, 0.29) is 17.3 Å². The standard InChI is InChI=1S/C23H30N4O3/c1-16(2)24-19-11-13-26(14-12-19)22(18-7-5-4-6-8-18)23(28)25-20-10-9-17(3)15-21(20)27(29)30/h4-10,15-16,19,22,24H,11-14H2,1-3H3,(H,25,28). The van der Waals surface area contributed by atoms with Gasteiger partial charge in [-0.3, -0.25) is 19.8 Å². The molecule has 2 aromatic carbocycles. The van der Waals surface area contributed by atoms with Crippen molar-refractivity contribution in [3.05, 3.63) is 69.8 Å². The average molecular weight is 411 g/mol. The van der Waals surface area contributed by atoms with Crippen LogP contribution in [0.5, 0.6) is 0 Å². The van der Waals surface area contributed by atoms with Crippen molar-refractivity contribution in [2.24, 2.45) is 0 Å². The van der Waals surface area contributed by atoms with Crippen LogP contribution in [0.25, 0.3) is 0 Å². The number of piperidine rings is 1. The number of amides is 1. The van der Waals surface area contributed by atoms with E-state index in [2.05, 4.69) is 29.4 Å². The molecule has 0 aromatic heterocycles. The van der Waals surface area contributed by atoms with E-state index >= 15 is 0 Å². The molecule has 1 aliphatic heterocycles. The SMILES string of the molecule is Cc1ccc(NC(=O)C(c2ccccc2)N2CCC(NC(C)C)CC2)c([N+](=O)[O-])c1. The van der Waals surface area contributed by atoms with Gasteiger partial charge < -0.3 is 10.6 Å². The number of benzene rings is 2. The molecule has 1 heterocycles. The fourth-order valence-electron chi connectivity index (χ4n) is 4.06. The van der Waals surface area contributed by atoms with Crippen molar-refractivity contribution in [1.82, 2.24) is 10.2 Å². The van der Waals surface area contributed by atoms with Crippen molar-refractivity contribution in [1.29, 1.82) is 0 Å². The Kier molecular flexibility index (Phi) is 7.18. The molecule has 30 heavy (non-hydrogen) atoms. The molecule has 1 atom stereocenters. The van der Waals surface area contributed by atoms with Gasteiger partial charge in [-0.25, -0.2) is 0 Å². The molecule has 3 rings (SSSR count). The van der Waals surface area contributed by atoms with Gasteiger partial charge in [0.25, 0.3) is 5.69 Å². The predicted molar refractivity (Wildman–Crippen MR) is 119 cm³/mol. The number of hydrogen-bond donors (Lipinski definition) is 2. The van der Waals surface area contributed by atoms with Crippen LogP contribution >= 0.6 is 0 Å². The lowest BCUT2D eigenvalue weighted by Gasteiger charge is -2.37. The maximum atomic E-state index is 13.3. The third-order valence-corrected chi connectivity index (χ3v) is 5.44. The first kappa shape index (κ1) is 21.9. The summed E-state index contributed by atoms with van der Waals surface area (Å²) in [7, 11) is 0. The highest BCUT2D eigenvalue weighted by molar-refractivity contribution is 5.97. The van der Waals surface area contributed by atoms with Crippen LogP contribution in [0.2, 0.25) is 0 Å². The molecule has 0 spiro atoms. The number of carbonyl (C=O) groups is 1. The van der Waals surface area contributed by atoms with Crippen LogP contribution in [0.3, 0.4) is 0 Å². The first-order chi connectivity index (χ1) is 14.3. The maximum Gasteiger partial charge on any atom is 0.293 e. The summed E-state index contributed by atoms with van der Waals surface area (Å²) < 4.78 is 0. The van der Waals surface area contributed by atoms with Gasteiger partial charge in [0.1, 0.15) is 11.7 Å². The lowest BCUT2D eigenvalue weighted by atomic mass is 9.98. The molecule has 2 N–H and O–H groups in total. The van der Waals surface area contributed by atoms with E-state index in [1.165, 1.54) is 6.07 Å². The summed E-state index contributed by atoms with van der Waals surface area (Å²) in [5.74, 6) is -0.247. The normalized spacial score (nSPS) is 16.4. The highest BCUT2D eigenvalue weighted by Gasteiger charge is 2.32. The Morgan fingerprint density at radius 3 is 2.40 bits per heavy atom. The van der Waals surface area contributed by atoms with Crippen molar-refractivity contribution >= 4 is 17.3 Å². The summed E-state index contributed by atoms with van der Waals surface area (Å²) >= 11 is 0. The molecule has 0 aliphatic carbocycles. The van der Waals surface area contributed by atoms with E-state index in [1.807, 2.05) is 30.3 Å². The van der Waals surface area contributed by atoms with Gasteiger partial charge >= 0.3 is 0 Å². The summed E-state index contributed by atoms with van der Waals surface area (Å²) in [6, 6.07) is 14.9. The molecule has 7 nitrogen and oxygen atoms in total. The maximum absolute atomic E-state index is 13.3. The fourth-order valence-corrected chi connectivity index (χ4v) is 4.06. The van der Waals surface area contributed by atoms with E-state index < -0.39 is 11.0 Å². The Morgan fingerprint density at radius 1 is 1.13 bits per heavy atom. The molecule has 1 saturated heterocycles. The van der Waals surface area contributed by atoms with E-state index in [0.29, 0.717) is 12.1 Å². The van der Waals surface area contributed by atoms with Gasteiger partial charge in [0.15, 0.2) is 0 Å². The predicted octanol–water partition coefficient (Wildman–Crippen LogP) is 4.05. The Balaban J connectivity index is 1.82. The second-order valence-corrected chi connectivity index (χ2v) is 8.21. The van der Waals surface area contributed by atoms with Gasteiger partial charge in [0, 0.05) is 31.2 Å². The molecule has 7 heteroatoms. The van der Waals surface area contributed by atoms with Gasteiger partial charge in [-0.2, -0.15) is 0 Å². The molecule has 0 radical (unpaired) electrons. The average Bonchev–Trinajstić information content (AvgIpc) is 2.71. The molecule has 0 saturated carbocycles. The van der Waals surface area contributed by atoms with E-state index in [1.54, 1.807) is 19.1 Å². The third kappa shape index (κ3) is 5.43. The van der Waals surface area contributed by atoms with Crippen LogP contribution in [0.1, 0.15) is 43.9 Å². The lowest BCUT2D eigenvalue weighted by Crippen LogP contribution is -2.48. The van der Waals surface area contributed by atoms with Crippen LogP contribution in [-0.2, 0) is 4.79 Å². The first-order valence-electron chi connectivity index (χ1n) is 10.5. The summed E-state index contributed by atoms with van der Waals surface area (Å²) in [5, 5.41) is 17.9. The number of likely N-dealkylation sites (tertiary alicyclic amines) is 1. The molecule has 1 unspecified atom stereocenters. The molecule has 1 fully saturated rings. The number of rotatable bonds is 7. The molecule has 1 amide bonds. The van der Waals surface area contributed by atoms with Crippen LogP contribution < -0.4 is 10.6 Å². The molecule has 1 aliphatic rings. The zero-order chi connectivity index (χ0) is 21.7. The summed E-state index contributed by atoms with van der Waals surface area (Å²) in [6.45, 7) is 7.64. The first-order valence-corrected chi connectivity index (χ1v) is 10.5. The Labute approximate surface area is 177 Å². The van der Waals surface area contributed by atoms with Crippen LogP contribution in [0.15, 0.2) is 48.5 Å². The van der Waals surface area contributed by atoms with Crippen LogP contribution in [0.4, 0.5) is 11.4 Å². The van der Waals surface area contributed by atoms with E-state index in [0.717, 1.165) is 37.1 Å². The zero-order valence-corrected chi connectivity index (χ0v) is 17.8. The molecule has 160 valence electrons. The van der Waals surface area contributed by atoms with Crippen LogP contribution in [0, 0.1) is 17.0 Å². The largest absolute Gasteiger partial charge is 0.319 e. The van der Waals surface area contributed by atoms with E-state index in [9.17, 15) is 14.9 Å². The minimum Gasteiger partial charge on any atom is -0.319 e. The van der Waals surface area contributed by atoms with Gasteiger partial charge in [0.2, 0.25) is 5.91 Å².